The van der Waals surface area contributed by atoms with E-state index in [0.29, 0.717) is 23.3 Å². The Labute approximate surface area is 200 Å². The predicted octanol–water partition coefficient (Wildman–Crippen LogP) is 1.76. The third-order valence-electron chi connectivity index (χ3n) is 5.49. The van der Waals surface area contributed by atoms with E-state index in [1.807, 2.05) is 12.1 Å². The first-order valence-electron chi connectivity index (χ1n) is 11.1. The number of hydrogen-bond acceptors (Lipinski definition) is 9. The molecule has 2 atom stereocenters. The lowest BCUT2D eigenvalue weighted by Crippen LogP contribution is -2.41. The van der Waals surface area contributed by atoms with Gasteiger partial charge in [0.05, 0.1) is 11.9 Å². The van der Waals surface area contributed by atoms with Gasteiger partial charge in [0, 0.05) is 12.0 Å². The molecule has 184 valence electrons. The molecule has 0 aliphatic carbocycles. The number of hydrogen-bond donors (Lipinski definition) is 5. The fourth-order valence-corrected chi connectivity index (χ4v) is 3.74. The van der Waals surface area contributed by atoms with Gasteiger partial charge in [-0.2, -0.15) is 9.97 Å². The zero-order valence-electron chi connectivity index (χ0n) is 19.1. The molecule has 1 unspecified atom stereocenters. The highest BCUT2D eigenvalue weighted by Gasteiger charge is 2.22. The number of carbonyl (C=O) groups excluding carboxylic acids is 1. The number of carbonyl (C=O) groups is 3. The van der Waals surface area contributed by atoms with E-state index in [2.05, 4.69) is 32.2 Å². The molecule has 0 bridgehead atoms. The number of aliphatic carboxylic acids is 2. The summed E-state index contributed by atoms with van der Waals surface area (Å²) in [6, 6.07) is 5.57. The molecule has 0 aliphatic rings. The van der Waals surface area contributed by atoms with Crippen LogP contribution in [0.4, 0.5) is 11.8 Å². The molecule has 0 saturated carbocycles. The van der Waals surface area contributed by atoms with Crippen molar-refractivity contribution in [3.63, 3.8) is 0 Å². The highest BCUT2D eigenvalue weighted by Crippen LogP contribution is 2.26. The van der Waals surface area contributed by atoms with Gasteiger partial charge in [0.2, 0.25) is 5.95 Å². The standard InChI is InChI=1S/C23H27N7O5/c1-2-3-14(10-15-11-26-20-18(27-15)19(24)29-23(25)30-20)12-4-6-13(7-5-12)21(33)28-16(22(34)35)8-9-17(31)32/h4-7,11,14,16H,2-3,8-10H2,1H3,(H,28,33)(H,31,32)(H,34,35)(H4,24,25,26,29,30)/t14?,16-/m0/s1. The molecule has 2 aromatic heterocycles. The third-order valence-corrected chi connectivity index (χ3v) is 5.49. The second-order valence-corrected chi connectivity index (χ2v) is 8.11. The van der Waals surface area contributed by atoms with Gasteiger partial charge in [0.25, 0.3) is 5.91 Å². The average Bonchev–Trinajstić information content (AvgIpc) is 2.81. The van der Waals surface area contributed by atoms with Crippen LogP contribution in [0.2, 0.25) is 0 Å². The number of aromatic nitrogens is 4. The van der Waals surface area contributed by atoms with Crippen molar-refractivity contribution >= 4 is 40.8 Å². The molecule has 7 N–H and O–H groups in total. The number of benzene rings is 1. The average molecular weight is 482 g/mol. The van der Waals surface area contributed by atoms with Crippen LogP contribution in [-0.4, -0.2) is 54.0 Å². The number of nitrogen functional groups attached to an aromatic ring is 2. The summed E-state index contributed by atoms with van der Waals surface area (Å²) in [5.74, 6) is -2.73. The van der Waals surface area contributed by atoms with E-state index >= 15 is 0 Å². The predicted molar refractivity (Wildman–Crippen MR) is 128 cm³/mol. The zero-order chi connectivity index (χ0) is 25.5. The fraction of sp³-hybridized carbons (Fsp3) is 0.348. The first-order chi connectivity index (χ1) is 16.7. The number of amides is 1. The van der Waals surface area contributed by atoms with E-state index in [1.54, 1.807) is 18.3 Å². The van der Waals surface area contributed by atoms with E-state index in [4.69, 9.17) is 16.6 Å². The summed E-state index contributed by atoms with van der Waals surface area (Å²) < 4.78 is 0. The van der Waals surface area contributed by atoms with Gasteiger partial charge in [-0.3, -0.25) is 9.59 Å². The summed E-state index contributed by atoms with van der Waals surface area (Å²) in [4.78, 5) is 51.4. The van der Waals surface area contributed by atoms with Crippen molar-refractivity contribution in [1.29, 1.82) is 0 Å². The Hall–Kier alpha value is -4.35. The Balaban J connectivity index is 1.75. The summed E-state index contributed by atoms with van der Waals surface area (Å²) in [7, 11) is 0. The Morgan fingerprint density at radius 2 is 1.74 bits per heavy atom. The second-order valence-electron chi connectivity index (χ2n) is 8.11. The topological polar surface area (TPSA) is 207 Å². The van der Waals surface area contributed by atoms with Crippen LogP contribution in [0.1, 0.15) is 60.1 Å². The van der Waals surface area contributed by atoms with E-state index < -0.39 is 23.9 Å². The molecular weight excluding hydrogens is 454 g/mol. The molecule has 1 amide bonds. The van der Waals surface area contributed by atoms with Crippen molar-refractivity contribution in [2.45, 2.75) is 51.0 Å². The minimum absolute atomic E-state index is 0.0293. The smallest absolute Gasteiger partial charge is 0.326 e. The first kappa shape index (κ1) is 25.3. The quantitative estimate of drug-likeness (QED) is 0.266. The van der Waals surface area contributed by atoms with Gasteiger partial charge in [-0.25, -0.2) is 14.8 Å². The van der Waals surface area contributed by atoms with Gasteiger partial charge < -0.3 is 27.0 Å². The first-order valence-corrected chi connectivity index (χ1v) is 11.1. The third kappa shape index (κ3) is 6.59. The van der Waals surface area contributed by atoms with Gasteiger partial charge in [-0.05, 0) is 42.9 Å². The van der Waals surface area contributed by atoms with Crippen molar-refractivity contribution in [3.8, 4) is 0 Å². The number of fused-ring (bicyclic) bond motifs is 1. The maximum absolute atomic E-state index is 12.5. The minimum atomic E-state index is -1.29. The number of carboxylic acid groups (broad SMARTS) is 2. The minimum Gasteiger partial charge on any atom is -0.481 e. The van der Waals surface area contributed by atoms with Gasteiger partial charge in [-0.15, -0.1) is 0 Å². The Morgan fingerprint density at radius 3 is 2.37 bits per heavy atom. The molecule has 12 heteroatoms. The molecule has 1 aromatic carbocycles. The number of anilines is 2. The van der Waals surface area contributed by atoms with Crippen LogP contribution in [0.5, 0.6) is 0 Å². The Bertz CT molecular complexity index is 1230. The molecule has 0 fully saturated rings. The van der Waals surface area contributed by atoms with Crippen LogP contribution >= 0.6 is 0 Å². The summed E-state index contributed by atoms with van der Waals surface area (Å²) >= 11 is 0. The van der Waals surface area contributed by atoms with Crippen molar-refractivity contribution < 1.29 is 24.6 Å². The van der Waals surface area contributed by atoms with Crippen molar-refractivity contribution in [2.24, 2.45) is 0 Å². The molecule has 12 nitrogen and oxygen atoms in total. The van der Waals surface area contributed by atoms with Crippen LogP contribution in [0.25, 0.3) is 11.2 Å². The van der Waals surface area contributed by atoms with Gasteiger partial charge >= 0.3 is 11.9 Å². The number of nitrogens with zero attached hydrogens (tertiary/aromatic N) is 4. The number of carboxylic acids is 2. The van der Waals surface area contributed by atoms with Crippen molar-refractivity contribution in [3.05, 3.63) is 47.3 Å². The largest absolute Gasteiger partial charge is 0.481 e. The van der Waals surface area contributed by atoms with Gasteiger partial charge in [0.1, 0.15) is 6.04 Å². The second kappa shape index (κ2) is 11.2. The van der Waals surface area contributed by atoms with Gasteiger partial charge in [0.15, 0.2) is 17.0 Å². The fourth-order valence-electron chi connectivity index (χ4n) is 3.74. The maximum Gasteiger partial charge on any atom is 0.326 e. The highest BCUT2D eigenvalue weighted by molar-refractivity contribution is 5.96. The highest BCUT2D eigenvalue weighted by atomic mass is 16.4. The molecule has 3 rings (SSSR count). The van der Waals surface area contributed by atoms with Gasteiger partial charge in [-0.1, -0.05) is 25.5 Å². The molecule has 0 saturated heterocycles. The van der Waals surface area contributed by atoms with Crippen LogP contribution in [0.3, 0.4) is 0 Å². The lowest BCUT2D eigenvalue weighted by atomic mass is 9.89. The zero-order valence-corrected chi connectivity index (χ0v) is 19.1. The summed E-state index contributed by atoms with van der Waals surface area (Å²) in [5.41, 5.74) is 14.2. The van der Waals surface area contributed by atoms with E-state index in [-0.39, 0.29) is 36.1 Å². The molecule has 0 spiro atoms. The van der Waals surface area contributed by atoms with Crippen LogP contribution in [0.15, 0.2) is 30.5 Å². The van der Waals surface area contributed by atoms with E-state index in [1.165, 1.54) is 0 Å². The normalized spacial score (nSPS) is 12.7. The maximum atomic E-state index is 12.5. The van der Waals surface area contributed by atoms with E-state index in [9.17, 15) is 19.5 Å². The van der Waals surface area contributed by atoms with Crippen molar-refractivity contribution in [1.82, 2.24) is 25.3 Å². The number of rotatable bonds is 11. The summed E-state index contributed by atoms with van der Waals surface area (Å²) in [6.07, 6.45) is 3.40. The molecule has 0 radical (unpaired) electrons. The molecular formula is C23H27N7O5. The summed E-state index contributed by atoms with van der Waals surface area (Å²) in [5, 5.41) is 20.4. The lowest BCUT2D eigenvalue weighted by molar-refractivity contribution is -0.140. The number of nitrogens with two attached hydrogens (primary N) is 2. The molecule has 2 heterocycles. The Kier molecular flexibility index (Phi) is 8.08. The van der Waals surface area contributed by atoms with Crippen LogP contribution in [-0.2, 0) is 16.0 Å². The van der Waals surface area contributed by atoms with E-state index in [0.717, 1.165) is 18.4 Å². The molecule has 0 aliphatic heterocycles. The van der Waals surface area contributed by atoms with Crippen molar-refractivity contribution in [2.75, 3.05) is 11.5 Å². The monoisotopic (exact) mass is 481 g/mol. The summed E-state index contributed by atoms with van der Waals surface area (Å²) in [6.45, 7) is 2.07. The lowest BCUT2D eigenvalue weighted by Gasteiger charge is -2.18. The Morgan fingerprint density at radius 1 is 1.03 bits per heavy atom. The number of nitrogens with one attached hydrogen (secondary N) is 1. The van der Waals surface area contributed by atoms with Crippen LogP contribution in [0, 0.1) is 0 Å². The molecule has 3 aromatic rings. The SMILES string of the molecule is CCCC(Cc1cnc2nc(N)nc(N)c2n1)c1ccc(C(=O)N[C@@H](CCC(=O)O)C(=O)O)cc1. The molecule has 35 heavy (non-hydrogen) atoms. The van der Waals surface area contributed by atoms with Crippen LogP contribution < -0.4 is 16.8 Å².